The lowest BCUT2D eigenvalue weighted by atomic mass is 10.0. The molecule has 0 atom stereocenters. The molecule has 0 saturated carbocycles. The fourth-order valence-corrected chi connectivity index (χ4v) is 2.66. The normalized spacial score (nSPS) is 15.0. The average molecular weight is 343 g/mol. The molecule has 1 saturated heterocycles. The smallest absolute Gasteiger partial charge is 0.222 e. The molecule has 0 unspecified atom stereocenters. The maximum atomic E-state index is 12.1. The number of hydrogen-bond donors (Lipinski definition) is 1. The minimum Gasteiger partial charge on any atom is -0.497 e. The molecule has 1 aromatic rings. The van der Waals surface area contributed by atoms with Crippen LogP contribution in [0.5, 0.6) is 11.5 Å². The van der Waals surface area contributed by atoms with Crippen molar-refractivity contribution in [2.75, 3.05) is 33.9 Å². The van der Waals surface area contributed by atoms with Gasteiger partial charge in [-0.15, -0.1) is 12.4 Å². The monoisotopic (exact) mass is 342 g/mol. The molecule has 1 heterocycles. The number of piperidine rings is 1. The van der Waals surface area contributed by atoms with Crippen molar-refractivity contribution in [3.8, 4) is 11.5 Å². The van der Waals surface area contributed by atoms with Gasteiger partial charge in [-0.3, -0.25) is 4.79 Å². The van der Waals surface area contributed by atoms with Crippen LogP contribution in [0.2, 0.25) is 0 Å². The van der Waals surface area contributed by atoms with Gasteiger partial charge >= 0.3 is 0 Å². The van der Waals surface area contributed by atoms with Crippen molar-refractivity contribution in [2.45, 2.75) is 31.7 Å². The van der Waals surface area contributed by atoms with Crippen LogP contribution in [0.1, 0.15) is 25.7 Å². The van der Waals surface area contributed by atoms with Crippen LogP contribution in [0.15, 0.2) is 24.3 Å². The van der Waals surface area contributed by atoms with Crippen LogP contribution in [0.4, 0.5) is 0 Å². The Morgan fingerprint density at radius 2 is 1.83 bits per heavy atom. The number of ether oxygens (including phenoxy) is 2. The summed E-state index contributed by atoms with van der Waals surface area (Å²) in [6.45, 7) is 2.29. The van der Waals surface area contributed by atoms with Crippen LogP contribution >= 0.6 is 12.4 Å². The van der Waals surface area contributed by atoms with Crippen LogP contribution in [-0.4, -0.2) is 50.7 Å². The molecule has 0 aromatic heterocycles. The highest BCUT2D eigenvalue weighted by Gasteiger charge is 2.21. The van der Waals surface area contributed by atoms with Gasteiger partial charge in [0.2, 0.25) is 5.91 Å². The highest BCUT2D eigenvalue weighted by molar-refractivity contribution is 5.85. The lowest BCUT2D eigenvalue weighted by molar-refractivity contribution is -0.132. The van der Waals surface area contributed by atoms with E-state index in [2.05, 4.69) is 5.32 Å². The zero-order chi connectivity index (χ0) is 15.8. The van der Waals surface area contributed by atoms with Gasteiger partial charge in [0.15, 0.2) is 0 Å². The second kappa shape index (κ2) is 10.3. The molecule has 0 bridgehead atoms. The summed E-state index contributed by atoms with van der Waals surface area (Å²) in [4.78, 5) is 14.1. The Bertz CT molecular complexity index is 459. The van der Waals surface area contributed by atoms with Crippen molar-refractivity contribution in [1.29, 1.82) is 0 Å². The second-order valence-corrected chi connectivity index (χ2v) is 5.57. The van der Waals surface area contributed by atoms with E-state index in [0.29, 0.717) is 19.1 Å². The van der Waals surface area contributed by atoms with Crippen molar-refractivity contribution in [1.82, 2.24) is 10.2 Å². The Kier molecular flexibility index (Phi) is 8.81. The summed E-state index contributed by atoms with van der Waals surface area (Å²) >= 11 is 0. The number of halogens is 1. The number of nitrogens with zero attached hydrogens (tertiary/aromatic N) is 1. The van der Waals surface area contributed by atoms with Crippen LogP contribution in [-0.2, 0) is 4.79 Å². The third-order valence-electron chi connectivity index (χ3n) is 4.12. The van der Waals surface area contributed by atoms with Crippen molar-refractivity contribution in [3.63, 3.8) is 0 Å². The third-order valence-corrected chi connectivity index (χ3v) is 4.12. The maximum Gasteiger partial charge on any atom is 0.222 e. The summed E-state index contributed by atoms with van der Waals surface area (Å²) in [7, 11) is 3.62. The molecule has 130 valence electrons. The van der Waals surface area contributed by atoms with E-state index in [-0.39, 0.29) is 18.3 Å². The van der Waals surface area contributed by atoms with Gasteiger partial charge in [-0.2, -0.15) is 0 Å². The maximum absolute atomic E-state index is 12.1. The summed E-state index contributed by atoms with van der Waals surface area (Å²) in [5.74, 6) is 1.86. The van der Waals surface area contributed by atoms with E-state index in [4.69, 9.17) is 9.47 Å². The predicted octanol–water partition coefficient (Wildman–Crippen LogP) is 2.49. The fraction of sp³-hybridized carbons (Fsp3) is 0.588. The largest absolute Gasteiger partial charge is 0.497 e. The number of rotatable bonds is 7. The summed E-state index contributed by atoms with van der Waals surface area (Å²) in [5, 5.41) is 3.28. The lowest BCUT2D eigenvalue weighted by Crippen LogP contribution is -2.43. The van der Waals surface area contributed by atoms with E-state index < -0.39 is 0 Å². The van der Waals surface area contributed by atoms with Crippen LogP contribution in [0, 0.1) is 0 Å². The molecular weight excluding hydrogens is 316 g/mol. The summed E-state index contributed by atoms with van der Waals surface area (Å²) in [6.07, 6.45) is 3.40. The quantitative estimate of drug-likeness (QED) is 0.773. The molecular formula is C17H27ClN2O3. The Labute approximate surface area is 144 Å². The standard InChI is InChI=1S/C17H26N2O3.ClH/c1-18-14-9-11-19(12-10-14)17(20)4-3-13-22-16-7-5-15(21-2)6-8-16;/h5-8,14,18H,3-4,9-13H2,1-2H3;1H. The minimum absolute atomic E-state index is 0. The van der Waals surface area contributed by atoms with E-state index in [1.165, 1.54) is 0 Å². The molecule has 0 spiro atoms. The van der Waals surface area contributed by atoms with Crippen LogP contribution < -0.4 is 14.8 Å². The summed E-state index contributed by atoms with van der Waals surface area (Å²) in [6, 6.07) is 8.05. The first-order valence-corrected chi connectivity index (χ1v) is 7.95. The van der Waals surface area contributed by atoms with Gasteiger partial charge in [-0.1, -0.05) is 0 Å². The average Bonchev–Trinajstić information content (AvgIpc) is 2.59. The van der Waals surface area contributed by atoms with Gasteiger partial charge in [-0.25, -0.2) is 0 Å². The Hall–Kier alpha value is -1.46. The molecule has 1 aromatic carbocycles. The van der Waals surface area contributed by atoms with Gasteiger partial charge in [0, 0.05) is 25.6 Å². The molecule has 2 rings (SSSR count). The molecule has 0 aliphatic carbocycles. The minimum atomic E-state index is 0. The molecule has 1 aliphatic heterocycles. The van der Waals surface area contributed by atoms with Crippen molar-refractivity contribution in [2.24, 2.45) is 0 Å². The van der Waals surface area contributed by atoms with E-state index in [1.807, 2.05) is 36.2 Å². The number of carbonyl (C=O) groups is 1. The fourth-order valence-electron chi connectivity index (χ4n) is 2.66. The molecule has 0 radical (unpaired) electrons. The van der Waals surface area contributed by atoms with Gasteiger partial charge in [0.05, 0.1) is 13.7 Å². The number of hydrogen-bond acceptors (Lipinski definition) is 4. The van der Waals surface area contributed by atoms with Crippen LogP contribution in [0.3, 0.4) is 0 Å². The van der Waals surface area contributed by atoms with Crippen molar-refractivity contribution in [3.05, 3.63) is 24.3 Å². The zero-order valence-electron chi connectivity index (χ0n) is 13.9. The SMILES string of the molecule is CNC1CCN(C(=O)CCCOc2ccc(OC)cc2)CC1.Cl. The predicted molar refractivity (Wildman–Crippen MR) is 93.6 cm³/mol. The Morgan fingerprint density at radius 3 is 2.39 bits per heavy atom. The van der Waals surface area contributed by atoms with E-state index >= 15 is 0 Å². The molecule has 5 nitrogen and oxygen atoms in total. The van der Waals surface area contributed by atoms with Gasteiger partial charge in [-0.05, 0) is 50.6 Å². The molecule has 6 heteroatoms. The molecule has 23 heavy (non-hydrogen) atoms. The number of nitrogens with one attached hydrogen (secondary N) is 1. The molecule has 1 amide bonds. The van der Waals surface area contributed by atoms with E-state index in [9.17, 15) is 4.79 Å². The number of amides is 1. The van der Waals surface area contributed by atoms with Crippen molar-refractivity contribution < 1.29 is 14.3 Å². The van der Waals surface area contributed by atoms with Gasteiger partial charge in [0.1, 0.15) is 11.5 Å². The van der Waals surface area contributed by atoms with Gasteiger partial charge < -0.3 is 19.7 Å². The molecule has 1 fully saturated rings. The first kappa shape index (κ1) is 19.6. The number of benzene rings is 1. The number of likely N-dealkylation sites (tertiary alicyclic amines) is 1. The molecule has 1 aliphatic rings. The van der Waals surface area contributed by atoms with Crippen molar-refractivity contribution >= 4 is 18.3 Å². The first-order valence-electron chi connectivity index (χ1n) is 7.95. The highest BCUT2D eigenvalue weighted by atomic mass is 35.5. The zero-order valence-corrected chi connectivity index (χ0v) is 14.7. The van der Waals surface area contributed by atoms with E-state index in [0.717, 1.165) is 43.9 Å². The first-order chi connectivity index (χ1) is 10.7. The summed E-state index contributed by atoms with van der Waals surface area (Å²) in [5.41, 5.74) is 0. The van der Waals surface area contributed by atoms with E-state index in [1.54, 1.807) is 7.11 Å². The third kappa shape index (κ3) is 6.28. The Balaban J connectivity index is 0.00000264. The van der Waals surface area contributed by atoms with Gasteiger partial charge in [0.25, 0.3) is 0 Å². The summed E-state index contributed by atoms with van der Waals surface area (Å²) < 4.78 is 10.7. The number of carbonyl (C=O) groups excluding carboxylic acids is 1. The molecule has 1 N–H and O–H groups in total. The highest BCUT2D eigenvalue weighted by Crippen LogP contribution is 2.17. The second-order valence-electron chi connectivity index (χ2n) is 5.57. The van der Waals surface area contributed by atoms with Crippen LogP contribution in [0.25, 0.3) is 0 Å². The Morgan fingerprint density at radius 1 is 1.22 bits per heavy atom. The lowest BCUT2D eigenvalue weighted by Gasteiger charge is -2.31. The number of methoxy groups -OCH3 is 1. The topological polar surface area (TPSA) is 50.8 Å².